The smallest absolute Gasteiger partial charge is 0.118 e. The lowest BCUT2D eigenvalue weighted by Gasteiger charge is -2.23. The highest BCUT2D eigenvalue weighted by molar-refractivity contribution is 5.34. The molecule has 0 bridgehead atoms. The van der Waals surface area contributed by atoms with Crippen molar-refractivity contribution in [2.45, 2.75) is 19.0 Å². The summed E-state index contributed by atoms with van der Waals surface area (Å²) in [6, 6.07) is 17.3. The molecule has 2 N–H and O–H groups in total. The molecule has 3 nitrogen and oxygen atoms in total. The quantitative estimate of drug-likeness (QED) is 0.916. The molecule has 1 atom stereocenters. The summed E-state index contributed by atoms with van der Waals surface area (Å²) in [5.74, 6) is 0.909. The summed E-state index contributed by atoms with van der Waals surface area (Å²) in [5, 5.41) is 0. The molecule has 0 saturated heterocycles. The first-order valence-corrected chi connectivity index (χ1v) is 7.46. The highest BCUT2D eigenvalue weighted by Gasteiger charge is 2.27. The molecule has 3 rings (SSSR count). The van der Waals surface area contributed by atoms with Crippen LogP contribution in [-0.2, 0) is 13.0 Å². The second kappa shape index (κ2) is 6.29. The summed E-state index contributed by atoms with van der Waals surface area (Å²) >= 11 is 0. The van der Waals surface area contributed by atoms with Crippen LogP contribution in [0.2, 0.25) is 0 Å². The summed E-state index contributed by atoms with van der Waals surface area (Å²) in [4.78, 5) is 2.48. The predicted octanol–water partition coefficient (Wildman–Crippen LogP) is 2.75. The van der Waals surface area contributed by atoms with Crippen LogP contribution >= 0.6 is 0 Å². The Balaban J connectivity index is 1.65. The van der Waals surface area contributed by atoms with Crippen molar-refractivity contribution in [1.29, 1.82) is 0 Å². The Morgan fingerprint density at radius 3 is 2.62 bits per heavy atom. The standard InChI is InChI=1S/C18H22N2O/c1-21-16-8-6-14(7-9-16)10-11-20-13-15-4-2-3-5-17(15)18(20)12-19/h2-9,18H,10-13,19H2,1H3. The lowest BCUT2D eigenvalue weighted by molar-refractivity contribution is 0.223. The maximum Gasteiger partial charge on any atom is 0.118 e. The number of nitrogens with zero attached hydrogens (tertiary/aromatic N) is 1. The first-order chi connectivity index (χ1) is 10.3. The van der Waals surface area contributed by atoms with Gasteiger partial charge in [-0.25, -0.2) is 0 Å². The largest absolute Gasteiger partial charge is 0.497 e. The fourth-order valence-corrected chi connectivity index (χ4v) is 3.10. The van der Waals surface area contributed by atoms with Crippen molar-refractivity contribution in [3.63, 3.8) is 0 Å². The summed E-state index contributed by atoms with van der Waals surface area (Å²) in [5.41, 5.74) is 10.1. The molecule has 0 aromatic heterocycles. The van der Waals surface area contributed by atoms with E-state index in [9.17, 15) is 0 Å². The third-order valence-corrected chi connectivity index (χ3v) is 4.30. The Hall–Kier alpha value is -1.84. The van der Waals surface area contributed by atoms with Gasteiger partial charge in [-0.15, -0.1) is 0 Å². The number of ether oxygens (including phenoxy) is 1. The number of methoxy groups -OCH3 is 1. The number of hydrogen-bond donors (Lipinski definition) is 1. The van der Waals surface area contributed by atoms with Crippen LogP contribution in [0.4, 0.5) is 0 Å². The number of benzene rings is 2. The van der Waals surface area contributed by atoms with E-state index >= 15 is 0 Å². The van der Waals surface area contributed by atoms with Gasteiger partial charge in [0.25, 0.3) is 0 Å². The molecule has 1 heterocycles. The zero-order valence-corrected chi connectivity index (χ0v) is 12.5. The van der Waals surface area contributed by atoms with E-state index in [4.69, 9.17) is 10.5 Å². The zero-order valence-electron chi connectivity index (χ0n) is 12.5. The van der Waals surface area contributed by atoms with Gasteiger partial charge in [-0.3, -0.25) is 4.90 Å². The molecule has 1 aliphatic rings. The monoisotopic (exact) mass is 282 g/mol. The Morgan fingerprint density at radius 2 is 1.90 bits per heavy atom. The van der Waals surface area contributed by atoms with Gasteiger partial charge in [0.2, 0.25) is 0 Å². The van der Waals surface area contributed by atoms with Gasteiger partial charge in [-0.05, 0) is 35.2 Å². The van der Waals surface area contributed by atoms with Crippen LogP contribution < -0.4 is 10.5 Å². The van der Waals surface area contributed by atoms with Crippen LogP contribution in [0.15, 0.2) is 48.5 Å². The molecule has 0 aliphatic carbocycles. The van der Waals surface area contributed by atoms with Crippen LogP contribution in [0, 0.1) is 0 Å². The van der Waals surface area contributed by atoms with Crippen LogP contribution in [0.5, 0.6) is 5.75 Å². The van der Waals surface area contributed by atoms with Crippen LogP contribution in [0.25, 0.3) is 0 Å². The van der Waals surface area contributed by atoms with Crippen molar-refractivity contribution in [1.82, 2.24) is 4.90 Å². The number of nitrogens with two attached hydrogens (primary N) is 1. The van der Waals surface area contributed by atoms with Gasteiger partial charge >= 0.3 is 0 Å². The number of hydrogen-bond acceptors (Lipinski definition) is 3. The third-order valence-electron chi connectivity index (χ3n) is 4.30. The first kappa shape index (κ1) is 14.1. The summed E-state index contributed by atoms with van der Waals surface area (Å²) in [6.45, 7) is 2.72. The molecule has 1 aliphatic heterocycles. The van der Waals surface area contributed by atoms with Crippen molar-refractivity contribution in [2.24, 2.45) is 5.73 Å². The van der Waals surface area contributed by atoms with E-state index < -0.39 is 0 Å². The maximum absolute atomic E-state index is 5.99. The molecule has 0 amide bonds. The molecule has 21 heavy (non-hydrogen) atoms. The maximum atomic E-state index is 5.99. The van der Waals surface area contributed by atoms with E-state index in [0.717, 1.165) is 25.3 Å². The zero-order chi connectivity index (χ0) is 14.7. The van der Waals surface area contributed by atoms with Crippen LogP contribution in [0.1, 0.15) is 22.7 Å². The van der Waals surface area contributed by atoms with Gasteiger partial charge in [0, 0.05) is 25.7 Å². The second-order valence-corrected chi connectivity index (χ2v) is 5.52. The number of fused-ring (bicyclic) bond motifs is 1. The van der Waals surface area contributed by atoms with Gasteiger partial charge in [0.15, 0.2) is 0 Å². The van der Waals surface area contributed by atoms with Gasteiger partial charge in [-0.1, -0.05) is 36.4 Å². The minimum absolute atomic E-state index is 0.361. The lowest BCUT2D eigenvalue weighted by Crippen LogP contribution is -2.29. The minimum Gasteiger partial charge on any atom is -0.497 e. The molecule has 1 unspecified atom stereocenters. The predicted molar refractivity (Wildman–Crippen MR) is 85.3 cm³/mol. The van der Waals surface area contributed by atoms with Crippen molar-refractivity contribution < 1.29 is 4.74 Å². The van der Waals surface area contributed by atoms with E-state index in [0.29, 0.717) is 12.6 Å². The van der Waals surface area contributed by atoms with Crippen molar-refractivity contribution >= 4 is 0 Å². The average molecular weight is 282 g/mol. The van der Waals surface area contributed by atoms with E-state index in [1.165, 1.54) is 16.7 Å². The number of rotatable bonds is 5. The molecule has 0 fully saturated rings. The third kappa shape index (κ3) is 2.94. The fourth-order valence-electron chi connectivity index (χ4n) is 3.10. The molecule has 0 radical (unpaired) electrons. The van der Waals surface area contributed by atoms with E-state index in [1.54, 1.807) is 7.11 Å². The minimum atomic E-state index is 0.361. The van der Waals surface area contributed by atoms with E-state index in [1.807, 2.05) is 12.1 Å². The van der Waals surface area contributed by atoms with Gasteiger partial charge in [0.05, 0.1) is 7.11 Å². The topological polar surface area (TPSA) is 38.5 Å². The second-order valence-electron chi connectivity index (χ2n) is 5.52. The Bertz CT molecular complexity index is 594. The van der Waals surface area contributed by atoms with Crippen LogP contribution in [-0.4, -0.2) is 25.1 Å². The normalized spacial score (nSPS) is 17.7. The molecule has 2 aromatic rings. The highest BCUT2D eigenvalue weighted by atomic mass is 16.5. The molecule has 0 spiro atoms. The first-order valence-electron chi connectivity index (χ1n) is 7.46. The molecule has 0 saturated carbocycles. The summed E-state index contributed by atoms with van der Waals surface area (Å²) in [6.07, 6.45) is 1.04. The molecular formula is C18H22N2O. The average Bonchev–Trinajstić information content (AvgIpc) is 2.91. The van der Waals surface area contributed by atoms with Gasteiger partial charge in [-0.2, -0.15) is 0 Å². The van der Waals surface area contributed by atoms with Crippen molar-refractivity contribution in [3.8, 4) is 5.75 Å². The summed E-state index contributed by atoms with van der Waals surface area (Å²) < 4.78 is 5.20. The van der Waals surface area contributed by atoms with Crippen LogP contribution in [0.3, 0.4) is 0 Å². The molecule has 2 aromatic carbocycles. The molecule has 3 heteroatoms. The van der Waals surface area contributed by atoms with Crippen molar-refractivity contribution in [2.75, 3.05) is 20.2 Å². The highest BCUT2D eigenvalue weighted by Crippen LogP contribution is 2.32. The van der Waals surface area contributed by atoms with Gasteiger partial charge in [0.1, 0.15) is 5.75 Å². The fraction of sp³-hybridized carbons (Fsp3) is 0.333. The summed E-state index contributed by atoms with van der Waals surface area (Å²) in [7, 11) is 1.70. The van der Waals surface area contributed by atoms with E-state index in [2.05, 4.69) is 41.3 Å². The van der Waals surface area contributed by atoms with Gasteiger partial charge < -0.3 is 10.5 Å². The van der Waals surface area contributed by atoms with Crippen molar-refractivity contribution in [3.05, 3.63) is 65.2 Å². The Labute approximate surface area is 126 Å². The Morgan fingerprint density at radius 1 is 1.14 bits per heavy atom. The Kier molecular flexibility index (Phi) is 4.23. The molecule has 110 valence electrons. The van der Waals surface area contributed by atoms with E-state index in [-0.39, 0.29) is 0 Å². The SMILES string of the molecule is COc1ccc(CCN2Cc3ccccc3C2CN)cc1. The lowest BCUT2D eigenvalue weighted by atomic mass is 10.1. The molecular weight excluding hydrogens is 260 g/mol.